The molecule has 0 bridgehead atoms. The van der Waals surface area contributed by atoms with Crippen LogP contribution < -0.4 is 5.32 Å². The maximum Gasteiger partial charge on any atom is 0.243 e. The number of hydrogen-bond acceptors (Lipinski definition) is 5. The number of aliphatic hydroxyl groups is 1. The fourth-order valence-electron chi connectivity index (χ4n) is 3.91. The van der Waals surface area contributed by atoms with Gasteiger partial charge in [-0.25, -0.2) is 8.42 Å². The molecule has 7 nitrogen and oxygen atoms in total. The molecule has 1 saturated carbocycles. The highest BCUT2D eigenvalue weighted by molar-refractivity contribution is 7.89. The SMILES string of the molecule is CC(=O)c1ccc(S(=O)(=O)N2CCC(C(=O)NC3CCC(O)CC3)CC2)cc1. The van der Waals surface area contributed by atoms with Crippen LogP contribution in [-0.4, -0.2) is 54.8 Å². The Bertz CT molecular complexity index is 806. The summed E-state index contributed by atoms with van der Waals surface area (Å²) in [5, 5.41) is 12.6. The molecule has 8 heteroatoms. The largest absolute Gasteiger partial charge is 0.393 e. The van der Waals surface area contributed by atoms with E-state index in [1.165, 1.54) is 35.5 Å². The molecule has 1 aromatic carbocycles. The number of nitrogens with zero attached hydrogens (tertiary/aromatic N) is 1. The number of carbonyl (C=O) groups excluding carboxylic acids is 2. The van der Waals surface area contributed by atoms with Gasteiger partial charge in [-0.05, 0) is 57.6 Å². The van der Waals surface area contributed by atoms with Crippen molar-refractivity contribution in [1.29, 1.82) is 0 Å². The van der Waals surface area contributed by atoms with Crippen LogP contribution >= 0.6 is 0 Å². The Labute approximate surface area is 166 Å². The van der Waals surface area contributed by atoms with E-state index in [2.05, 4.69) is 5.32 Å². The number of rotatable bonds is 5. The molecular formula is C20H28N2O5S. The molecule has 1 aliphatic carbocycles. The lowest BCUT2D eigenvalue weighted by Gasteiger charge is -2.32. The lowest BCUT2D eigenvalue weighted by atomic mass is 9.91. The Kier molecular flexibility index (Phi) is 6.52. The van der Waals surface area contributed by atoms with Crippen molar-refractivity contribution in [3.63, 3.8) is 0 Å². The smallest absolute Gasteiger partial charge is 0.243 e. The van der Waals surface area contributed by atoms with Crippen LogP contribution in [-0.2, 0) is 14.8 Å². The van der Waals surface area contributed by atoms with E-state index in [-0.39, 0.29) is 34.6 Å². The average molecular weight is 409 g/mol. The highest BCUT2D eigenvalue weighted by atomic mass is 32.2. The monoisotopic (exact) mass is 408 g/mol. The predicted octanol–water partition coefficient (Wildman–Crippen LogP) is 1.71. The Morgan fingerprint density at radius 1 is 1.00 bits per heavy atom. The number of nitrogens with one attached hydrogen (secondary N) is 1. The molecule has 28 heavy (non-hydrogen) atoms. The van der Waals surface area contributed by atoms with Gasteiger partial charge in [0, 0.05) is 30.6 Å². The topological polar surface area (TPSA) is 104 Å². The normalized spacial score (nSPS) is 24.6. The second-order valence-electron chi connectivity index (χ2n) is 7.77. The van der Waals surface area contributed by atoms with Gasteiger partial charge >= 0.3 is 0 Å². The van der Waals surface area contributed by atoms with Crippen LogP contribution in [0.2, 0.25) is 0 Å². The lowest BCUT2D eigenvalue weighted by molar-refractivity contribution is -0.127. The first-order chi connectivity index (χ1) is 13.3. The molecule has 1 heterocycles. The van der Waals surface area contributed by atoms with E-state index in [4.69, 9.17) is 0 Å². The fourth-order valence-corrected chi connectivity index (χ4v) is 5.38. The molecule has 2 aliphatic rings. The van der Waals surface area contributed by atoms with Gasteiger partial charge in [0.25, 0.3) is 0 Å². The van der Waals surface area contributed by atoms with Crippen LogP contribution in [0.1, 0.15) is 55.8 Å². The van der Waals surface area contributed by atoms with E-state index < -0.39 is 10.0 Å². The predicted molar refractivity (Wildman–Crippen MR) is 104 cm³/mol. The van der Waals surface area contributed by atoms with E-state index in [1.54, 1.807) is 0 Å². The molecule has 1 aromatic rings. The van der Waals surface area contributed by atoms with E-state index in [9.17, 15) is 23.1 Å². The van der Waals surface area contributed by atoms with Crippen molar-refractivity contribution in [3.05, 3.63) is 29.8 Å². The fraction of sp³-hybridized carbons (Fsp3) is 0.600. The Morgan fingerprint density at radius 2 is 1.57 bits per heavy atom. The Balaban J connectivity index is 1.55. The number of Topliss-reactive ketones (excluding diaryl/α,β-unsaturated/α-hetero) is 1. The summed E-state index contributed by atoms with van der Waals surface area (Å²) in [6.45, 7) is 2.05. The van der Waals surface area contributed by atoms with E-state index in [0.29, 0.717) is 44.3 Å². The summed E-state index contributed by atoms with van der Waals surface area (Å²) < 4.78 is 27.0. The zero-order valence-electron chi connectivity index (χ0n) is 16.1. The van der Waals surface area contributed by atoms with Gasteiger partial charge in [-0.1, -0.05) is 12.1 Å². The second-order valence-corrected chi connectivity index (χ2v) is 9.71. The molecule has 1 amide bonds. The first kappa shape index (κ1) is 21.0. The van der Waals surface area contributed by atoms with E-state index in [0.717, 1.165) is 12.8 Å². The number of hydrogen-bond donors (Lipinski definition) is 2. The summed E-state index contributed by atoms with van der Waals surface area (Å²) in [5.41, 5.74) is 0.476. The van der Waals surface area contributed by atoms with Crippen LogP contribution in [0.3, 0.4) is 0 Å². The highest BCUT2D eigenvalue weighted by Crippen LogP contribution is 2.25. The van der Waals surface area contributed by atoms with Crippen LogP contribution in [0, 0.1) is 5.92 Å². The van der Waals surface area contributed by atoms with Gasteiger partial charge in [-0.3, -0.25) is 9.59 Å². The van der Waals surface area contributed by atoms with Crippen molar-refractivity contribution in [3.8, 4) is 0 Å². The first-order valence-corrected chi connectivity index (χ1v) is 11.3. The minimum absolute atomic E-state index is 0.00995. The van der Waals surface area contributed by atoms with Gasteiger partial charge in [-0.2, -0.15) is 4.31 Å². The number of carbonyl (C=O) groups is 2. The third-order valence-electron chi connectivity index (χ3n) is 5.77. The third kappa shape index (κ3) is 4.79. The van der Waals surface area contributed by atoms with Gasteiger partial charge in [0.2, 0.25) is 15.9 Å². The lowest BCUT2D eigenvalue weighted by Crippen LogP contribution is -2.46. The molecule has 0 radical (unpaired) electrons. The number of piperidine rings is 1. The molecule has 2 N–H and O–H groups in total. The van der Waals surface area contributed by atoms with Gasteiger partial charge in [0.1, 0.15) is 0 Å². The van der Waals surface area contributed by atoms with Crippen molar-refractivity contribution in [2.75, 3.05) is 13.1 Å². The molecule has 1 saturated heterocycles. The van der Waals surface area contributed by atoms with Gasteiger partial charge in [-0.15, -0.1) is 0 Å². The molecule has 154 valence electrons. The summed E-state index contributed by atoms with van der Waals surface area (Å²) in [6.07, 6.45) is 3.73. The molecule has 0 atom stereocenters. The summed E-state index contributed by atoms with van der Waals surface area (Å²) in [4.78, 5) is 24.0. The van der Waals surface area contributed by atoms with Crippen molar-refractivity contribution in [1.82, 2.24) is 9.62 Å². The van der Waals surface area contributed by atoms with Crippen molar-refractivity contribution in [2.24, 2.45) is 5.92 Å². The van der Waals surface area contributed by atoms with Gasteiger partial charge in [0.15, 0.2) is 5.78 Å². The molecular weight excluding hydrogens is 380 g/mol. The number of benzene rings is 1. The van der Waals surface area contributed by atoms with E-state index >= 15 is 0 Å². The zero-order valence-corrected chi connectivity index (χ0v) is 17.0. The number of amides is 1. The standard InChI is InChI=1S/C20H28N2O5S/c1-14(23)15-2-8-19(9-3-15)28(26,27)22-12-10-16(11-13-22)20(25)21-17-4-6-18(24)7-5-17/h2-3,8-9,16-18,24H,4-7,10-13H2,1H3,(H,21,25). The van der Waals surface area contributed by atoms with Gasteiger partial charge < -0.3 is 10.4 Å². The molecule has 1 aliphatic heterocycles. The Morgan fingerprint density at radius 3 is 2.11 bits per heavy atom. The van der Waals surface area contributed by atoms with Crippen molar-refractivity contribution in [2.45, 2.75) is 62.5 Å². The molecule has 0 aromatic heterocycles. The Hall–Kier alpha value is -1.77. The van der Waals surface area contributed by atoms with Crippen molar-refractivity contribution >= 4 is 21.7 Å². The van der Waals surface area contributed by atoms with Crippen LogP contribution in [0.15, 0.2) is 29.2 Å². The number of sulfonamides is 1. The minimum atomic E-state index is -3.62. The molecule has 0 unspecified atom stereocenters. The summed E-state index contributed by atoms with van der Waals surface area (Å²) in [7, 11) is -3.62. The first-order valence-electron chi connectivity index (χ1n) is 9.87. The highest BCUT2D eigenvalue weighted by Gasteiger charge is 2.33. The quantitative estimate of drug-likeness (QED) is 0.722. The van der Waals surface area contributed by atoms with Crippen LogP contribution in [0.25, 0.3) is 0 Å². The van der Waals surface area contributed by atoms with E-state index in [1.807, 2.05) is 0 Å². The summed E-state index contributed by atoms with van der Waals surface area (Å²) in [5.74, 6) is -0.300. The van der Waals surface area contributed by atoms with Crippen LogP contribution in [0.4, 0.5) is 0 Å². The number of aliphatic hydroxyl groups excluding tert-OH is 1. The van der Waals surface area contributed by atoms with Gasteiger partial charge in [0.05, 0.1) is 11.0 Å². The molecule has 3 rings (SSSR count). The van der Waals surface area contributed by atoms with Crippen LogP contribution in [0.5, 0.6) is 0 Å². The summed E-state index contributed by atoms with van der Waals surface area (Å²) >= 11 is 0. The molecule has 0 spiro atoms. The second kappa shape index (κ2) is 8.71. The maximum atomic E-state index is 12.8. The number of ketones is 1. The average Bonchev–Trinajstić information content (AvgIpc) is 2.70. The minimum Gasteiger partial charge on any atom is -0.393 e. The third-order valence-corrected chi connectivity index (χ3v) is 7.68. The zero-order chi connectivity index (χ0) is 20.3. The molecule has 2 fully saturated rings. The van der Waals surface area contributed by atoms with Crippen molar-refractivity contribution < 1.29 is 23.1 Å². The summed E-state index contributed by atoms with van der Waals surface area (Å²) in [6, 6.07) is 6.08. The maximum absolute atomic E-state index is 12.8.